The van der Waals surface area contributed by atoms with E-state index in [1.54, 1.807) is 26.8 Å². The zero-order valence-electron chi connectivity index (χ0n) is 15.5. The summed E-state index contributed by atoms with van der Waals surface area (Å²) in [6, 6.07) is 1.99. The number of rotatable bonds is 4. The summed E-state index contributed by atoms with van der Waals surface area (Å²) in [6.45, 7) is 11.7. The van der Waals surface area contributed by atoms with E-state index in [0.29, 0.717) is 4.91 Å². The minimum absolute atomic E-state index is 0.324. The molecule has 6 nitrogen and oxygen atoms in total. The van der Waals surface area contributed by atoms with Gasteiger partial charge in [-0.15, -0.1) is 0 Å². The summed E-state index contributed by atoms with van der Waals surface area (Å²) in [4.78, 5) is 37.8. The molecule has 1 aliphatic heterocycles. The van der Waals surface area contributed by atoms with Crippen LogP contribution in [0.3, 0.4) is 0 Å². The Morgan fingerprint density at radius 3 is 2.44 bits per heavy atom. The largest absolute Gasteiger partial charge is 0.459 e. The Bertz CT molecular complexity index is 756. The van der Waals surface area contributed by atoms with Gasteiger partial charge in [0.2, 0.25) is 0 Å². The molecule has 1 saturated heterocycles. The van der Waals surface area contributed by atoms with Crippen molar-refractivity contribution in [2.75, 3.05) is 6.54 Å². The molecule has 0 N–H and O–H groups in total. The number of imide groups is 1. The highest BCUT2D eigenvalue weighted by Gasteiger charge is 2.37. The Labute approximate surface area is 152 Å². The maximum atomic E-state index is 12.5. The normalized spacial score (nSPS) is 16.9. The molecule has 2 heterocycles. The lowest BCUT2D eigenvalue weighted by molar-refractivity contribution is -0.156. The molecule has 0 unspecified atom stereocenters. The van der Waals surface area contributed by atoms with E-state index in [0.717, 1.165) is 40.2 Å². The van der Waals surface area contributed by atoms with Crippen molar-refractivity contribution in [3.63, 3.8) is 0 Å². The Morgan fingerprint density at radius 1 is 1.28 bits per heavy atom. The molecule has 0 saturated carbocycles. The second kappa shape index (κ2) is 7.07. The van der Waals surface area contributed by atoms with E-state index in [4.69, 9.17) is 4.74 Å². The van der Waals surface area contributed by atoms with E-state index in [-0.39, 0.29) is 6.54 Å². The van der Waals surface area contributed by atoms with Gasteiger partial charge in [-0.3, -0.25) is 19.3 Å². The third-order valence-electron chi connectivity index (χ3n) is 3.80. The van der Waals surface area contributed by atoms with Gasteiger partial charge in [0.05, 0.1) is 4.91 Å². The number of esters is 1. The molecule has 136 valence electrons. The lowest BCUT2D eigenvalue weighted by Crippen LogP contribution is -2.37. The van der Waals surface area contributed by atoms with Crippen molar-refractivity contribution in [2.24, 2.45) is 0 Å². The molecule has 1 aliphatic rings. The number of hydrogen-bond acceptors (Lipinski definition) is 5. The third kappa shape index (κ3) is 4.34. The highest BCUT2D eigenvalue weighted by Crippen LogP contribution is 2.33. The van der Waals surface area contributed by atoms with Crippen molar-refractivity contribution in [1.29, 1.82) is 0 Å². The molecule has 1 aromatic heterocycles. The fourth-order valence-corrected chi connectivity index (χ4v) is 3.57. The van der Waals surface area contributed by atoms with Gasteiger partial charge < -0.3 is 9.30 Å². The first-order chi connectivity index (χ1) is 11.5. The summed E-state index contributed by atoms with van der Waals surface area (Å²) in [5.74, 6) is -1.05. The summed E-state index contributed by atoms with van der Waals surface area (Å²) in [5, 5.41) is -0.452. The standard InChI is InChI=1S/C18H24N2O4S/c1-7-19-11(2)8-13(12(19)3)9-14-16(22)20(17(23)25-14)10-15(21)24-18(4,5)6/h8-9H,7,10H2,1-6H3/b14-9-. The fraction of sp³-hybridized carbons (Fsp3) is 0.500. The Hall–Kier alpha value is -2.02. The number of hydrogen-bond donors (Lipinski definition) is 0. The molecular weight excluding hydrogens is 340 g/mol. The minimum Gasteiger partial charge on any atom is -0.459 e. The SMILES string of the molecule is CCn1c(C)cc(/C=C2\SC(=O)N(CC(=O)OC(C)(C)C)C2=O)c1C. The van der Waals surface area contributed by atoms with E-state index in [2.05, 4.69) is 11.5 Å². The zero-order chi connectivity index (χ0) is 18.9. The number of carbonyl (C=O) groups excluding carboxylic acids is 3. The second-order valence-electron chi connectivity index (χ2n) is 6.93. The number of ether oxygens (including phenoxy) is 1. The first-order valence-corrected chi connectivity index (χ1v) is 8.99. The van der Waals surface area contributed by atoms with Gasteiger partial charge in [-0.05, 0) is 71.0 Å². The van der Waals surface area contributed by atoms with Crippen LogP contribution >= 0.6 is 11.8 Å². The van der Waals surface area contributed by atoms with E-state index >= 15 is 0 Å². The molecule has 0 aromatic carbocycles. The number of carbonyl (C=O) groups is 3. The molecule has 2 rings (SSSR count). The first-order valence-electron chi connectivity index (χ1n) is 8.17. The molecule has 0 radical (unpaired) electrons. The van der Waals surface area contributed by atoms with Gasteiger partial charge in [-0.2, -0.15) is 0 Å². The van der Waals surface area contributed by atoms with Crippen molar-refractivity contribution in [3.8, 4) is 0 Å². The highest BCUT2D eigenvalue weighted by atomic mass is 32.2. The summed E-state index contributed by atoms with van der Waals surface area (Å²) in [7, 11) is 0. The highest BCUT2D eigenvalue weighted by molar-refractivity contribution is 8.18. The van der Waals surface area contributed by atoms with Gasteiger partial charge in [0.25, 0.3) is 11.1 Å². The van der Waals surface area contributed by atoms with E-state index in [9.17, 15) is 14.4 Å². The number of thioether (sulfide) groups is 1. The number of amides is 2. The van der Waals surface area contributed by atoms with Crippen LogP contribution in [0.15, 0.2) is 11.0 Å². The first kappa shape index (κ1) is 19.3. The predicted octanol–water partition coefficient (Wildman–Crippen LogP) is 3.50. The lowest BCUT2D eigenvalue weighted by atomic mass is 10.2. The molecule has 0 aliphatic carbocycles. The molecule has 25 heavy (non-hydrogen) atoms. The zero-order valence-corrected chi connectivity index (χ0v) is 16.3. The average molecular weight is 364 g/mol. The monoisotopic (exact) mass is 364 g/mol. The van der Waals surface area contributed by atoms with Crippen LogP contribution in [0.4, 0.5) is 4.79 Å². The Balaban J connectivity index is 2.19. The van der Waals surface area contributed by atoms with Crippen LogP contribution in [0.25, 0.3) is 6.08 Å². The van der Waals surface area contributed by atoms with Gasteiger partial charge >= 0.3 is 5.97 Å². The second-order valence-corrected chi connectivity index (χ2v) is 7.92. The summed E-state index contributed by atoms with van der Waals surface area (Å²) in [6.07, 6.45) is 1.72. The molecule has 0 spiro atoms. The van der Waals surface area contributed by atoms with E-state index in [1.165, 1.54) is 0 Å². The Kier molecular flexibility index (Phi) is 5.46. The predicted molar refractivity (Wildman–Crippen MR) is 98.1 cm³/mol. The molecular formula is C18H24N2O4S. The van der Waals surface area contributed by atoms with Crippen LogP contribution < -0.4 is 0 Å². The van der Waals surface area contributed by atoms with Crippen molar-refractivity contribution >= 4 is 35.0 Å². The Morgan fingerprint density at radius 2 is 1.92 bits per heavy atom. The van der Waals surface area contributed by atoms with Crippen LogP contribution in [0, 0.1) is 13.8 Å². The van der Waals surface area contributed by atoms with Crippen LogP contribution in [-0.2, 0) is 20.9 Å². The van der Waals surface area contributed by atoms with Crippen molar-refractivity contribution in [3.05, 3.63) is 27.9 Å². The molecule has 2 amide bonds. The van der Waals surface area contributed by atoms with E-state index < -0.39 is 22.7 Å². The molecule has 7 heteroatoms. The van der Waals surface area contributed by atoms with Crippen LogP contribution in [-0.4, -0.2) is 38.7 Å². The topological polar surface area (TPSA) is 68.6 Å². The van der Waals surface area contributed by atoms with Crippen LogP contribution in [0.1, 0.15) is 44.6 Å². The summed E-state index contributed by atoms with van der Waals surface area (Å²) in [5.41, 5.74) is 2.38. The van der Waals surface area contributed by atoms with Crippen molar-refractivity contribution in [1.82, 2.24) is 9.47 Å². The smallest absolute Gasteiger partial charge is 0.326 e. The minimum atomic E-state index is -0.660. The summed E-state index contributed by atoms with van der Waals surface area (Å²) >= 11 is 0.850. The van der Waals surface area contributed by atoms with Crippen molar-refractivity contribution < 1.29 is 19.1 Å². The maximum Gasteiger partial charge on any atom is 0.326 e. The van der Waals surface area contributed by atoms with E-state index in [1.807, 2.05) is 19.9 Å². The number of nitrogens with zero attached hydrogens (tertiary/aromatic N) is 2. The van der Waals surface area contributed by atoms with Gasteiger partial charge in [0, 0.05) is 17.9 Å². The summed E-state index contributed by atoms with van der Waals surface area (Å²) < 4.78 is 7.32. The van der Waals surface area contributed by atoms with Crippen LogP contribution in [0.5, 0.6) is 0 Å². The molecule has 1 fully saturated rings. The van der Waals surface area contributed by atoms with Gasteiger partial charge in [-0.1, -0.05) is 0 Å². The van der Waals surface area contributed by atoms with Gasteiger partial charge in [0.1, 0.15) is 12.1 Å². The molecule has 0 bridgehead atoms. The lowest BCUT2D eigenvalue weighted by Gasteiger charge is -2.21. The number of aryl methyl sites for hydroxylation is 1. The number of aromatic nitrogens is 1. The quantitative estimate of drug-likeness (QED) is 0.604. The fourth-order valence-electron chi connectivity index (χ4n) is 2.74. The maximum absolute atomic E-state index is 12.5. The molecule has 0 atom stereocenters. The van der Waals surface area contributed by atoms with Crippen LogP contribution in [0.2, 0.25) is 0 Å². The average Bonchev–Trinajstić information content (AvgIpc) is 2.88. The van der Waals surface area contributed by atoms with Crippen molar-refractivity contribution in [2.45, 2.75) is 53.7 Å². The van der Waals surface area contributed by atoms with Gasteiger partial charge in [-0.25, -0.2) is 0 Å². The van der Waals surface area contributed by atoms with Gasteiger partial charge in [0.15, 0.2) is 0 Å². The third-order valence-corrected chi connectivity index (χ3v) is 4.70. The molecule has 1 aromatic rings.